The van der Waals surface area contributed by atoms with E-state index >= 15 is 0 Å². The molecule has 1 aliphatic heterocycles. The second-order valence-electron chi connectivity index (χ2n) is 8.23. The molecule has 0 saturated carbocycles. The molecule has 4 aromatic rings. The highest BCUT2D eigenvalue weighted by atomic mass is 16.3. The van der Waals surface area contributed by atoms with Crippen LogP contribution in [-0.2, 0) is 0 Å². The van der Waals surface area contributed by atoms with Gasteiger partial charge in [-0.1, -0.05) is 60.7 Å². The van der Waals surface area contributed by atoms with Crippen LogP contribution in [0.4, 0.5) is 16.3 Å². The number of fused-ring (bicyclic) bond motifs is 1. The number of amides is 2. The lowest BCUT2D eigenvalue weighted by Gasteiger charge is -2.24. The topological polar surface area (TPSA) is 77.5 Å². The van der Waals surface area contributed by atoms with Crippen molar-refractivity contribution in [1.29, 1.82) is 0 Å². The van der Waals surface area contributed by atoms with E-state index in [4.69, 9.17) is 0 Å². The maximum absolute atomic E-state index is 13.2. The van der Waals surface area contributed by atoms with Gasteiger partial charge in [0.15, 0.2) is 5.82 Å². The summed E-state index contributed by atoms with van der Waals surface area (Å²) in [6.07, 6.45) is 3.99. The molecule has 5 rings (SSSR count). The number of phenols is 1. The number of benzene rings is 3. The number of anilines is 2. The van der Waals surface area contributed by atoms with Crippen molar-refractivity contribution in [3.05, 3.63) is 96.2 Å². The quantitative estimate of drug-likeness (QED) is 0.387. The van der Waals surface area contributed by atoms with Crippen LogP contribution in [0.5, 0.6) is 5.75 Å². The number of carbonyl (C=O) groups is 1. The monoisotopic (exact) mass is 438 g/mol. The number of hydrogen-bond acceptors (Lipinski definition) is 4. The zero-order valence-corrected chi connectivity index (χ0v) is 18.2. The van der Waals surface area contributed by atoms with Gasteiger partial charge in [0, 0.05) is 24.8 Å². The molecule has 33 heavy (non-hydrogen) atoms. The summed E-state index contributed by atoms with van der Waals surface area (Å²) in [7, 11) is 0. The Labute approximate surface area is 192 Å². The molecule has 1 aliphatic rings. The van der Waals surface area contributed by atoms with Gasteiger partial charge in [0.25, 0.3) is 0 Å². The molecule has 0 aliphatic carbocycles. The molecule has 1 saturated heterocycles. The van der Waals surface area contributed by atoms with Gasteiger partial charge in [-0.25, -0.2) is 9.78 Å². The van der Waals surface area contributed by atoms with E-state index in [1.165, 1.54) is 0 Å². The first-order valence-corrected chi connectivity index (χ1v) is 11.2. The lowest BCUT2D eigenvalue weighted by molar-refractivity contribution is 0.250. The molecule has 2 amide bonds. The fraction of sp³-hybridized carbons (Fsp3) is 0.185. The van der Waals surface area contributed by atoms with Crippen LogP contribution < -0.4 is 15.5 Å². The fourth-order valence-corrected chi connectivity index (χ4v) is 4.52. The van der Waals surface area contributed by atoms with Crippen LogP contribution in [0.3, 0.4) is 0 Å². The lowest BCUT2D eigenvalue weighted by Crippen LogP contribution is -2.34. The maximum Gasteiger partial charge on any atom is 0.320 e. The minimum Gasteiger partial charge on any atom is -0.508 e. The molecule has 1 aromatic heterocycles. The Morgan fingerprint density at radius 2 is 1.67 bits per heavy atom. The number of aromatic hydroxyl groups is 1. The van der Waals surface area contributed by atoms with Gasteiger partial charge in [-0.2, -0.15) is 0 Å². The van der Waals surface area contributed by atoms with Crippen molar-refractivity contribution in [2.24, 2.45) is 0 Å². The summed E-state index contributed by atoms with van der Waals surface area (Å²) < 4.78 is 0. The van der Waals surface area contributed by atoms with Crippen molar-refractivity contribution in [3.8, 4) is 5.75 Å². The van der Waals surface area contributed by atoms with Crippen LogP contribution >= 0.6 is 0 Å². The van der Waals surface area contributed by atoms with Gasteiger partial charge in [0.2, 0.25) is 0 Å². The standard InChI is InChI=1S/C27H26N4O2/c32-23-15-14-19-9-4-5-12-21(19)24(23)25(20-10-2-1-3-11-20)30-27(33)29-22-13-8-16-28-26(22)31-17-6-7-18-31/h1-5,8-16,25,32H,6-7,17-18H2,(H2,29,30,33). The Hall–Kier alpha value is -4.06. The number of pyridine rings is 1. The van der Waals surface area contributed by atoms with E-state index in [9.17, 15) is 9.90 Å². The number of phenolic OH excluding ortho intramolecular Hbond substituents is 1. The highest BCUT2D eigenvalue weighted by Crippen LogP contribution is 2.36. The van der Waals surface area contributed by atoms with E-state index < -0.39 is 6.04 Å². The molecule has 1 atom stereocenters. The molecule has 1 unspecified atom stereocenters. The molecular weight excluding hydrogens is 412 g/mol. The molecule has 2 heterocycles. The summed E-state index contributed by atoms with van der Waals surface area (Å²) in [5.41, 5.74) is 2.22. The van der Waals surface area contributed by atoms with Crippen LogP contribution in [0.1, 0.15) is 30.0 Å². The van der Waals surface area contributed by atoms with Gasteiger partial charge in [-0.15, -0.1) is 0 Å². The normalized spacial score (nSPS) is 14.2. The van der Waals surface area contributed by atoms with Crippen molar-refractivity contribution in [2.45, 2.75) is 18.9 Å². The molecule has 0 bridgehead atoms. The third-order valence-electron chi connectivity index (χ3n) is 6.09. The number of nitrogens with zero attached hydrogens (tertiary/aromatic N) is 2. The Morgan fingerprint density at radius 1 is 0.909 bits per heavy atom. The van der Waals surface area contributed by atoms with Crippen molar-refractivity contribution in [2.75, 3.05) is 23.3 Å². The van der Waals surface area contributed by atoms with Crippen LogP contribution in [0, 0.1) is 0 Å². The van der Waals surface area contributed by atoms with E-state index in [2.05, 4.69) is 20.5 Å². The Balaban J connectivity index is 1.49. The van der Waals surface area contributed by atoms with Gasteiger partial charge in [0.05, 0.1) is 11.7 Å². The smallest absolute Gasteiger partial charge is 0.320 e. The van der Waals surface area contributed by atoms with E-state index in [0.717, 1.165) is 48.1 Å². The van der Waals surface area contributed by atoms with E-state index in [1.54, 1.807) is 12.3 Å². The van der Waals surface area contributed by atoms with E-state index in [1.807, 2.05) is 72.8 Å². The summed E-state index contributed by atoms with van der Waals surface area (Å²) in [4.78, 5) is 19.9. The van der Waals surface area contributed by atoms with Crippen LogP contribution in [0.2, 0.25) is 0 Å². The molecule has 1 fully saturated rings. The predicted molar refractivity (Wildman–Crippen MR) is 132 cm³/mol. The number of carbonyl (C=O) groups excluding carboxylic acids is 1. The Morgan fingerprint density at radius 3 is 2.48 bits per heavy atom. The van der Waals surface area contributed by atoms with Gasteiger partial charge in [-0.05, 0) is 47.4 Å². The molecule has 6 nitrogen and oxygen atoms in total. The molecule has 3 aromatic carbocycles. The van der Waals surface area contributed by atoms with Gasteiger partial charge < -0.3 is 20.6 Å². The molecule has 0 spiro atoms. The van der Waals surface area contributed by atoms with Gasteiger partial charge >= 0.3 is 6.03 Å². The highest BCUT2D eigenvalue weighted by Gasteiger charge is 2.24. The summed E-state index contributed by atoms with van der Waals surface area (Å²) in [6, 6.07) is 23.9. The molecular formula is C27H26N4O2. The minimum absolute atomic E-state index is 0.141. The van der Waals surface area contributed by atoms with Crippen LogP contribution in [0.25, 0.3) is 10.8 Å². The minimum atomic E-state index is -0.538. The number of urea groups is 1. The van der Waals surface area contributed by atoms with Crippen LogP contribution in [-0.4, -0.2) is 29.2 Å². The summed E-state index contributed by atoms with van der Waals surface area (Å²) >= 11 is 0. The summed E-state index contributed by atoms with van der Waals surface area (Å²) in [6.45, 7) is 1.87. The summed E-state index contributed by atoms with van der Waals surface area (Å²) in [5.74, 6) is 0.927. The third kappa shape index (κ3) is 4.32. The number of hydrogen-bond donors (Lipinski definition) is 3. The first-order chi connectivity index (χ1) is 16.2. The first-order valence-electron chi connectivity index (χ1n) is 11.2. The largest absolute Gasteiger partial charge is 0.508 e. The molecule has 6 heteroatoms. The van der Waals surface area contributed by atoms with Gasteiger partial charge in [-0.3, -0.25) is 0 Å². The Bertz CT molecular complexity index is 1270. The Kier molecular flexibility index (Phi) is 5.81. The van der Waals surface area contributed by atoms with Crippen molar-refractivity contribution in [3.63, 3.8) is 0 Å². The molecule has 3 N–H and O–H groups in total. The lowest BCUT2D eigenvalue weighted by atomic mass is 9.93. The zero-order valence-electron chi connectivity index (χ0n) is 18.2. The number of rotatable bonds is 5. The zero-order chi connectivity index (χ0) is 22.6. The maximum atomic E-state index is 13.2. The summed E-state index contributed by atoms with van der Waals surface area (Å²) in [5, 5.41) is 18.8. The average molecular weight is 439 g/mol. The SMILES string of the molecule is O=C(Nc1cccnc1N1CCCC1)NC(c1ccccc1)c1c(O)ccc2ccccc12. The molecule has 0 radical (unpaired) electrons. The number of nitrogens with one attached hydrogen (secondary N) is 2. The average Bonchev–Trinajstić information content (AvgIpc) is 3.39. The highest BCUT2D eigenvalue weighted by molar-refractivity contribution is 5.94. The second-order valence-corrected chi connectivity index (χ2v) is 8.23. The number of aromatic nitrogens is 1. The van der Waals surface area contributed by atoms with Crippen molar-refractivity contribution < 1.29 is 9.90 Å². The van der Waals surface area contributed by atoms with E-state index in [-0.39, 0.29) is 11.8 Å². The second kappa shape index (κ2) is 9.20. The van der Waals surface area contributed by atoms with Gasteiger partial charge in [0.1, 0.15) is 5.75 Å². The van der Waals surface area contributed by atoms with E-state index in [0.29, 0.717) is 11.3 Å². The van der Waals surface area contributed by atoms with Crippen molar-refractivity contribution in [1.82, 2.24) is 10.3 Å². The fourth-order valence-electron chi connectivity index (χ4n) is 4.52. The predicted octanol–water partition coefficient (Wildman–Crippen LogP) is 5.45. The third-order valence-corrected chi connectivity index (χ3v) is 6.09. The van der Waals surface area contributed by atoms with Crippen molar-refractivity contribution >= 4 is 28.3 Å². The van der Waals surface area contributed by atoms with Crippen LogP contribution in [0.15, 0.2) is 85.1 Å². The molecule has 166 valence electrons. The first kappa shape index (κ1) is 20.8.